The fourth-order valence-corrected chi connectivity index (χ4v) is 4.64. The minimum atomic E-state index is 0.200. The van der Waals surface area contributed by atoms with Crippen LogP contribution in [0, 0.1) is 17.8 Å². The Morgan fingerprint density at radius 3 is 2.80 bits per heavy atom. The predicted molar refractivity (Wildman–Crippen MR) is 99.3 cm³/mol. The van der Waals surface area contributed by atoms with Gasteiger partial charge in [0.05, 0.1) is 5.69 Å². The summed E-state index contributed by atoms with van der Waals surface area (Å²) >= 11 is 5.91. The van der Waals surface area contributed by atoms with E-state index in [1.807, 2.05) is 30.5 Å². The first-order valence-electron chi connectivity index (χ1n) is 9.24. The first-order chi connectivity index (χ1) is 12.2. The van der Waals surface area contributed by atoms with Gasteiger partial charge in [-0.1, -0.05) is 18.0 Å². The number of aromatic amines is 1. The lowest BCUT2D eigenvalue weighted by Gasteiger charge is -2.20. The zero-order valence-corrected chi connectivity index (χ0v) is 15.1. The SMILES string of the molecule is O=C(CC1CC2CCC1C2)NCCc1c[nH]c(-c2ccc(Cl)cc2)n1. The van der Waals surface area contributed by atoms with Crippen molar-refractivity contribution in [3.05, 3.63) is 41.2 Å². The molecule has 25 heavy (non-hydrogen) atoms. The molecule has 2 fully saturated rings. The van der Waals surface area contributed by atoms with E-state index in [2.05, 4.69) is 15.3 Å². The third-order valence-electron chi connectivity index (χ3n) is 5.78. The predicted octanol–water partition coefficient (Wildman–Crippen LogP) is 4.22. The molecule has 1 aromatic carbocycles. The fourth-order valence-electron chi connectivity index (χ4n) is 4.51. The van der Waals surface area contributed by atoms with Crippen molar-refractivity contribution in [1.82, 2.24) is 15.3 Å². The maximum Gasteiger partial charge on any atom is 0.220 e. The fraction of sp³-hybridized carbons (Fsp3) is 0.500. The minimum Gasteiger partial charge on any atom is -0.356 e. The number of nitrogens with one attached hydrogen (secondary N) is 2. The second kappa shape index (κ2) is 7.20. The molecular formula is C20H24ClN3O. The second-order valence-electron chi connectivity index (χ2n) is 7.49. The zero-order valence-electron chi connectivity index (χ0n) is 14.3. The van der Waals surface area contributed by atoms with E-state index < -0.39 is 0 Å². The molecule has 5 heteroatoms. The summed E-state index contributed by atoms with van der Waals surface area (Å²) in [6.07, 6.45) is 8.71. The molecule has 0 saturated heterocycles. The van der Waals surface area contributed by atoms with Crippen LogP contribution in [-0.4, -0.2) is 22.4 Å². The largest absolute Gasteiger partial charge is 0.356 e. The number of hydrogen-bond donors (Lipinski definition) is 2. The van der Waals surface area contributed by atoms with Crippen molar-refractivity contribution in [2.45, 2.75) is 38.5 Å². The van der Waals surface area contributed by atoms with Crippen LogP contribution >= 0.6 is 11.6 Å². The molecule has 0 radical (unpaired) electrons. The Hall–Kier alpha value is -1.81. The number of amides is 1. The summed E-state index contributed by atoms with van der Waals surface area (Å²) in [6.45, 7) is 0.643. The molecule has 2 aliphatic carbocycles. The quantitative estimate of drug-likeness (QED) is 0.813. The summed E-state index contributed by atoms with van der Waals surface area (Å²) in [5, 5.41) is 3.78. The van der Waals surface area contributed by atoms with E-state index in [1.165, 1.54) is 25.7 Å². The standard InChI is InChI=1S/C20H24ClN3O/c21-17-5-3-14(4-6-17)20-23-12-18(24-20)7-8-22-19(25)11-16-10-13-1-2-15(16)9-13/h3-6,12-13,15-16H,1-2,7-11H2,(H,22,25)(H,23,24). The van der Waals surface area contributed by atoms with Crippen LogP contribution in [0.4, 0.5) is 0 Å². The Morgan fingerprint density at radius 1 is 1.24 bits per heavy atom. The molecule has 2 saturated carbocycles. The van der Waals surface area contributed by atoms with Gasteiger partial charge in [-0.2, -0.15) is 0 Å². The lowest BCUT2D eigenvalue weighted by molar-refractivity contribution is -0.122. The van der Waals surface area contributed by atoms with Gasteiger partial charge < -0.3 is 10.3 Å². The Morgan fingerprint density at radius 2 is 2.08 bits per heavy atom. The Kier molecular flexibility index (Phi) is 4.80. The maximum atomic E-state index is 12.2. The lowest BCUT2D eigenvalue weighted by atomic mass is 9.86. The van der Waals surface area contributed by atoms with Gasteiger partial charge in [-0.15, -0.1) is 0 Å². The molecule has 2 N–H and O–H groups in total. The molecule has 3 atom stereocenters. The lowest BCUT2D eigenvalue weighted by Crippen LogP contribution is -2.29. The van der Waals surface area contributed by atoms with Crippen LogP contribution in [-0.2, 0) is 11.2 Å². The van der Waals surface area contributed by atoms with Gasteiger partial charge in [0.15, 0.2) is 0 Å². The molecule has 2 aliphatic rings. The topological polar surface area (TPSA) is 57.8 Å². The number of hydrogen-bond acceptors (Lipinski definition) is 2. The van der Waals surface area contributed by atoms with E-state index in [4.69, 9.17) is 11.6 Å². The van der Waals surface area contributed by atoms with Gasteiger partial charge in [0, 0.05) is 36.2 Å². The molecule has 1 heterocycles. The van der Waals surface area contributed by atoms with Crippen LogP contribution in [0.5, 0.6) is 0 Å². The summed E-state index contributed by atoms with van der Waals surface area (Å²) < 4.78 is 0. The van der Waals surface area contributed by atoms with E-state index in [0.29, 0.717) is 23.9 Å². The Bertz CT molecular complexity index is 740. The van der Waals surface area contributed by atoms with Crippen molar-refractivity contribution in [2.24, 2.45) is 17.8 Å². The summed E-state index contributed by atoms with van der Waals surface area (Å²) in [6, 6.07) is 7.61. The number of aromatic nitrogens is 2. The van der Waals surface area contributed by atoms with Gasteiger partial charge >= 0.3 is 0 Å². The minimum absolute atomic E-state index is 0.200. The normalized spacial score (nSPS) is 24.6. The number of carbonyl (C=O) groups excluding carboxylic acids is 1. The third-order valence-corrected chi connectivity index (χ3v) is 6.04. The second-order valence-corrected chi connectivity index (χ2v) is 7.92. The van der Waals surface area contributed by atoms with Crippen molar-refractivity contribution < 1.29 is 4.79 Å². The van der Waals surface area contributed by atoms with Crippen LogP contribution in [0.2, 0.25) is 5.02 Å². The molecule has 1 aromatic heterocycles. The van der Waals surface area contributed by atoms with Crippen molar-refractivity contribution in [2.75, 3.05) is 6.54 Å². The molecule has 0 spiro atoms. The Balaban J connectivity index is 1.23. The van der Waals surface area contributed by atoms with E-state index in [0.717, 1.165) is 35.3 Å². The van der Waals surface area contributed by atoms with Gasteiger partial charge in [0.25, 0.3) is 0 Å². The van der Waals surface area contributed by atoms with Gasteiger partial charge in [-0.25, -0.2) is 4.98 Å². The number of fused-ring (bicyclic) bond motifs is 2. The van der Waals surface area contributed by atoms with Crippen LogP contribution in [0.3, 0.4) is 0 Å². The smallest absolute Gasteiger partial charge is 0.220 e. The van der Waals surface area contributed by atoms with Crippen LogP contribution < -0.4 is 5.32 Å². The average molecular weight is 358 g/mol. The molecule has 0 aliphatic heterocycles. The highest BCUT2D eigenvalue weighted by atomic mass is 35.5. The number of carbonyl (C=O) groups is 1. The number of halogens is 1. The molecule has 2 bridgehead atoms. The van der Waals surface area contributed by atoms with Gasteiger partial charge in [0.1, 0.15) is 5.82 Å². The van der Waals surface area contributed by atoms with Crippen LogP contribution in [0.1, 0.15) is 37.8 Å². The van der Waals surface area contributed by atoms with Gasteiger partial charge in [-0.05, 0) is 61.3 Å². The van der Waals surface area contributed by atoms with Crippen molar-refractivity contribution in [3.8, 4) is 11.4 Å². The first-order valence-corrected chi connectivity index (χ1v) is 9.62. The zero-order chi connectivity index (χ0) is 17.2. The van der Waals surface area contributed by atoms with Crippen LogP contribution in [0.25, 0.3) is 11.4 Å². The summed E-state index contributed by atoms with van der Waals surface area (Å²) in [4.78, 5) is 20.0. The summed E-state index contributed by atoms with van der Waals surface area (Å²) in [5.41, 5.74) is 1.97. The summed E-state index contributed by atoms with van der Waals surface area (Å²) in [7, 11) is 0. The molecule has 4 nitrogen and oxygen atoms in total. The molecular weight excluding hydrogens is 334 g/mol. The van der Waals surface area contributed by atoms with Crippen LogP contribution in [0.15, 0.2) is 30.5 Å². The van der Waals surface area contributed by atoms with Crippen molar-refractivity contribution in [1.29, 1.82) is 0 Å². The van der Waals surface area contributed by atoms with E-state index >= 15 is 0 Å². The van der Waals surface area contributed by atoms with Gasteiger partial charge in [0.2, 0.25) is 5.91 Å². The first kappa shape index (κ1) is 16.6. The molecule has 132 valence electrons. The number of H-pyrrole nitrogens is 1. The maximum absolute atomic E-state index is 12.2. The Labute approximate surface area is 153 Å². The highest BCUT2D eigenvalue weighted by Crippen LogP contribution is 2.49. The highest BCUT2D eigenvalue weighted by molar-refractivity contribution is 6.30. The average Bonchev–Trinajstić information content (AvgIpc) is 3.32. The molecule has 4 rings (SSSR count). The van der Waals surface area contributed by atoms with Crippen molar-refractivity contribution in [3.63, 3.8) is 0 Å². The van der Waals surface area contributed by atoms with E-state index in [-0.39, 0.29) is 5.91 Å². The number of benzene rings is 1. The van der Waals surface area contributed by atoms with Gasteiger partial charge in [-0.3, -0.25) is 4.79 Å². The molecule has 3 unspecified atom stereocenters. The summed E-state index contributed by atoms with van der Waals surface area (Å²) in [5.74, 6) is 3.37. The monoisotopic (exact) mass is 357 g/mol. The number of imidazole rings is 1. The molecule has 2 aromatic rings. The van der Waals surface area contributed by atoms with E-state index in [1.54, 1.807) is 0 Å². The third kappa shape index (κ3) is 3.90. The van der Waals surface area contributed by atoms with Crippen molar-refractivity contribution >= 4 is 17.5 Å². The highest BCUT2D eigenvalue weighted by Gasteiger charge is 2.39. The molecule has 1 amide bonds. The number of rotatable bonds is 6. The number of nitrogens with zero attached hydrogens (tertiary/aromatic N) is 1. The van der Waals surface area contributed by atoms with E-state index in [9.17, 15) is 4.79 Å².